The number of sulfonamides is 1. The van der Waals surface area contributed by atoms with E-state index in [9.17, 15) is 13.2 Å². The highest BCUT2D eigenvalue weighted by molar-refractivity contribution is 7.89. The molecular weight excluding hydrogens is 390 g/mol. The van der Waals surface area contributed by atoms with Gasteiger partial charge < -0.3 is 9.47 Å². The van der Waals surface area contributed by atoms with Gasteiger partial charge in [0.25, 0.3) is 0 Å². The summed E-state index contributed by atoms with van der Waals surface area (Å²) in [4.78, 5) is 12.1. The fourth-order valence-corrected chi connectivity index (χ4v) is 5.05. The molecule has 0 radical (unpaired) electrons. The molecule has 29 heavy (non-hydrogen) atoms. The minimum Gasteiger partial charge on any atom is -0.497 e. The first-order chi connectivity index (χ1) is 13.7. The zero-order valence-corrected chi connectivity index (χ0v) is 18.8. The van der Waals surface area contributed by atoms with Crippen molar-refractivity contribution in [3.05, 3.63) is 35.9 Å². The van der Waals surface area contributed by atoms with E-state index < -0.39 is 10.0 Å². The molecule has 1 aliphatic rings. The summed E-state index contributed by atoms with van der Waals surface area (Å²) in [6.45, 7) is 8.84. The van der Waals surface area contributed by atoms with Crippen molar-refractivity contribution in [3.63, 3.8) is 0 Å². The predicted octanol–water partition coefficient (Wildman–Crippen LogP) is 3.78. The van der Waals surface area contributed by atoms with Crippen LogP contribution in [0.25, 0.3) is 0 Å². The van der Waals surface area contributed by atoms with E-state index >= 15 is 0 Å². The first-order valence-electron chi connectivity index (χ1n) is 10.2. The lowest BCUT2D eigenvalue weighted by Gasteiger charge is -2.37. The van der Waals surface area contributed by atoms with Gasteiger partial charge in [-0.2, -0.15) is 0 Å². The molecule has 6 nitrogen and oxygen atoms in total. The fraction of sp³-hybridized carbons (Fsp3) is 0.591. The van der Waals surface area contributed by atoms with Crippen LogP contribution in [0.4, 0.5) is 0 Å². The number of ether oxygens (including phenoxy) is 2. The van der Waals surface area contributed by atoms with Crippen LogP contribution in [0.15, 0.2) is 40.8 Å². The molecule has 1 aromatic rings. The summed E-state index contributed by atoms with van der Waals surface area (Å²) in [6.07, 6.45) is 3.37. The number of carbonyl (C=O) groups is 1. The maximum absolute atomic E-state index is 12.7. The summed E-state index contributed by atoms with van der Waals surface area (Å²) in [7, 11) is -2.06. The van der Waals surface area contributed by atoms with Gasteiger partial charge in [0.1, 0.15) is 5.75 Å². The summed E-state index contributed by atoms with van der Waals surface area (Å²) in [5.74, 6) is 1.34. The summed E-state index contributed by atoms with van der Waals surface area (Å²) in [5.41, 5.74) is 1.13. The number of benzene rings is 1. The molecule has 162 valence electrons. The van der Waals surface area contributed by atoms with Crippen LogP contribution in [-0.2, 0) is 19.6 Å². The van der Waals surface area contributed by atoms with Crippen molar-refractivity contribution < 1.29 is 22.7 Å². The highest BCUT2D eigenvalue weighted by Gasteiger charge is 2.33. The Hall–Kier alpha value is -1.86. The third-order valence-electron chi connectivity index (χ3n) is 5.68. The van der Waals surface area contributed by atoms with E-state index in [0.29, 0.717) is 31.2 Å². The van der Waals surface area contributed by atoms with Gasteiger partial charge in [0.15, 0.2) is 0 Å². The molecule has 3 atom stereocenters. The first kappa shape index (κ1) is 23.4. The molecule has 1 N–H and O–H groups in total. The van der Waals surface area contributed by atoms with E-state index in [1.54, 1.807) is 31.4 Å². The summed E-state index contributed by atoms with van der Waals surface area (Å²) in [5, 5.41) is 0. The van der Waals surface area contributed by atoms with Crippen LogP contribution < -0.4 is 9.46 Å². The third kappa shape index (κ3) is 6.31. The second-order valence-electron chi connectivity index (χ2n) is 7.95. The number of carbonyl (C=O) groups excluding carboxylic acids is 1. The summed E-state index contributed by atoms with van der Waals surface area (Å²) in [6, 6.07) is 6.35. The van der Waals surface area contributed by atoms with Crippen LogP contribution in [0.1, 0.15) is 40.5 Å². The molecule has 1 aromatic carbocycles. The average molecular weight is 424 g/mol. The molecule has 1 aliphatic carbocycles. The highest BCUT2D eigenvalue weighted by Crippen LogP contribution is 2.39. The molecule has 0 aromatic heterocycles. The Morgan fingerprint density at radius 3 is 2.45 bits per heavy atom. The van der Waals surface area contributed by atoms with Gasteiger partial charge in [-0.15, -0.1) is 0 Å². The molecule has 0 fully saturated rings. The van der Waals surface area contributed by atoms with E-state index in [1.165, 1.54) is 0 Å². The van der Waals surface area contributed by atoms with Crippen molar-refractivity contribution >= 4 is 16.0 Å². The van der Waals surface area contributed by atoms with Gasteiger partial charge in [-0.1, -0.05) is 25.5 Å². The van der Waals surface area contributed by atoms with E-state index in [-0.39, 0.29) is 28.6 Å². The van der Waals surface area contributed by atoms with Crippen molar-refractivity contribution in [2.24, 2.45) is 23.7 Å². The van der Waals surface area contributed by atoms with Gasteiger partial charge in [-0.3, -0.25) is 4.79 Å². The van der Waals surface area contributed by atoms with Crippen molar-refractivity contribution in [1.82, 2.24) is 4.72 Å². The Balaban J connectivity index is 2.11. The molecule has 0 saturated carbocycles. The smallest absolute Gasteiger partial charge is 0.306 e. The molecule has 0 aliphatic heterocycles. The predicted molar refractivity (Wildman–Crippen MR) is 113 cm³/mol. The fourth-order valence-electron chi connectivity index (χ4n) is 3.97. The molecule has 7 heteroatoms. The van der Waals surface area contributed by atoms with Gasteiger partial charge in [-0.25, -0.2) is 13.1 Å². The number of esters is 1. The number of methoxy groups -OCH3 is 1. The summed E-state index contributed by atoms with van der Waals surface area (Å²) < 4.78 is 38.3. The lowest BCUT2D eigenvalue weighted by Crippen LogP contribution is -2.37. The highest BCUT2D eigenvalue weighted by atomic mass is 32.2. The van der Waals surface area contributed by atoms with E-state index in [1.807, 2.05) is 13.8 Å². The Kier molecular flexibility index (Phi) is 8.28. The maximum atomic E-state index is 12.7. The number of hydrogen-bond donors (Lipinski definition) is 1. The molecular formula is C22H33NO5S. The molecule has 3 unspecified atom stereocenters. The van der Waals surface area contributed by atoms with Crippen LogP contribution in [0.2, 0.25) is 0 Å². The van der Waals surface area contributed by atoms with Crippen molar-refractivity contribution in [2.75, 3.05) is 20.3 Å². The van der Waals surface area contributed by atoms with Crippen LogP contribution in [-0.4, -0.2) is 34.6 Å². The number of allylic oxidation sites excluding steroid dienone is 1. The minimum absolute atomic E-state index is 0.0847. The first-order valence-corrected chi connectivity index (χ1v) is 11.6. The second-order valence-corrected chi connectivity index (χ2v) is 9.72. The Labute approximate surface area is 174 Å². The monoisotopic (exact) mass is 423 g/mol. The zero-order valence-electron chi connectivity index (χ0n) is 18.0. The largest absolute Gasteiger partial charge is 0.497 e. The zero-order chi connectivity index (χ0) is 21.6. The van der Waals surface area contributed by atoms with Crippen molar-refractivity contribution in [1.29, 1.82) is 0 Å². The van der Waals surface area contributed by atoms with Crippen molar-refractivity contribution in [3.8, 4) is 5.75 Å². The van der Waals surface area contributed by atoms with E-state index in [4.69, 9.17) is 9.47 Å². The Bertz CT molecular complexity index is 814. The third-order valence-corrected chi connectivity index (χ3v) is 7.12. The molecule has 0 heterocycles. The maximum Gasteiger partial charge on any atom is 0.306 e. The van der Waals surface area contributed by atoms with Gasteiger partial charge in [0, 0.05) is 6.54 Å². The van der Waals surface area contributed by atoms with E-state index in [0.717, 1.165) is 12.0 Å². The molecule has 0 spiro atoms. The molecule has 2 rings (SSSR count). The van der Waals surface area contributed by atoms with Gasteiger partial charge in [0.05, 0.1) is 25.0 Å². The Morgan fingerprint density at radius 2 is 1.90 bits per heavy atom. The van der Waals surface area contributed by atoms with Crippen molar-refractivity contribution in [2.45, 2.75) is 45.4 Å². The SMILES string of the molecule is CCOC(=O)CC1CC(C(C)C)C(CNS(=O)(=O)c2ccc(OC)cc2)C=C1C. The Morgan fingerprint density at radius 1 is 1.24 bits per heavy atom. The van der Waals surface area contributed by atoms with Crippen LogP contribution in [0, 0.1) is 23.7 Å². The molecule has 0 amide bonds. The van der Waals surface area contributed by atoms with Gasteiger partial charge in [0.2, 0.25) is 10.0 Å². The van der Waals surface area contributed by atoms with E-state index in [2.05, 4.69) is 24.6 Å². The summed E-state index contributed by atoms with van der Waals surface area (Å²) >= 11 is 0. The lowest BCUT2D eigenvalue weighted by atomic mass is 9.70. The quantitative estimate of drug-likeness (QED) is 0.483. The van der Waals surface area contributed by atoms with Crippen LogP contribution in [0.5, 0.6) is 5.75 Å². The van der Waals surface area contributed by atoms with Gasteiger partial charge >= 0.3 is 5.97 Å². The van der Waals surface area contributed by atoms with Crippen LogP contribution >= 0.6 is 0 Å². The normalized spacial score (nSPS) is 22.3. The number of hydrogen-bond acceptors (Lipinski definition) is 5. The topological polar surface area (TPSA) is 81.7 Å². The number of rotatable bonds is 9. The van der Waals surface area contributed by atoms with Crippen LogP contribution in [0.3, 0.4) is 0 Å². The lowest BCUT2D eigenvalue weighted by molar-refractivity contribution is -0.144. The standard InChI is InChI=1S/C22H33NO5S/c1-6-28-22(24)13-17-12-21(15(2)3)18(11-16(17)4)14-23-29(25,26)20-9-7-19(27-5)8-10-20/h7-11,15,17-18,21,23H,6,12-14H2,1-5H3. The number of nitrogens with one attached hydrogen (secondary N) is 1. The second kappa shape index (κ2) is 10.3. The van der Waals surface area contributed by atoms with Gasteiger partial charge in [-0.05, 0) is 68.2 Å². The molecule has 0 saturated heterocycles. The minimum atomic E-state index is -3.60. The molecule has 0 bridgehead atoms. The average Bonchev–Trinajstić information content (AvgIpc) is 2.68.